The third-order valence-corrected chi connectivity index (χ3v) is 2.97. The van der Waals surface area contributed by atoms with Crippen molar-refractivity contribution in [1.82, 2.24) is 14.8 Å². The van der Waals surface area contributed by atoms with Crippen molar-refractivity contribution in [3.05, 3.63) is 11.1 Å². The molecule has 1 aromatic heterocycles. The maximum absolute atomic E-state index is 6.10. The number of halogens is 1. The highest BCUT2D eigenvalue weighted by Gasteiger charge is 2.22. The Morgan fingerprint density at radius 3 is 2.20 bits per heavy atom. The highest BCUT2D eigenvalue weighted by atomic mass is 35.5. The fourth-order valence-electron chi connectivity index (χ4n) is 1.94. The Balaban J connectivity index is 3.14. The molecule has 0 saturated heterocycles. The lowest BCUT2D eigenvalue weighted by Gasteiger charge is -2.23. The van der Waals surface area contributed by atoms with Gasteiger partial charge in [0, 0.05) is 12.0 Å². The van der Waals surface area contributed by atoms with Gasteiger partial charge < -0.3 is 0 Å². The minimum Gasteiger partial charge on any atom is -0.298 e. The molecule has 0 aliphatic rings. The summed E-state index contributed by atoms with van der Waals surface area (Å²) in [7, 11) is 0. The molecular weight excluding hydrogens is 210 g/mol. The van der Waals surface area contributed by atoms with Crippen molar-refractivity contribution in [1.29, 1.82) is 0 Å². The summed E-state index contributed by atoms with van der Waals surface area (Å²) in [5.74, 6) is 1.89. The van der Waals surface area contributed by atoms with Crippen LogP contribution in [0.5, 0.6) is 0 Å². The average molecular weight is 230 g/mol. The molecule has 0 aromatic carbocycles. The largest absolute Gasteiger partial charge is 0.298 e. The Hall–Kier alpha value is -0.570. The summed E-state index contributed by atoms with van der Waals surface area (Å²) in [6.07, 6.45) is 1.05. The molecule has 0 bridgehead atoms. The second kappa shape index (κ2) is 4.97. The van der Waals surface area contributed by atoms with Gasteiger partial charge in [0.15, 0.2) is 0 Å². The number of aromatic nitrogens is 3. The van der Waals surface area contributed by atoms with Crippen LogP contribution in [0.15, 0.2) is 0 Å². The van der Waals surface area contributed by atoms with Gasteiger partial charge >= 0.3 is 0 Å². The van der Waals surface area contributed by atoms with Crippen LogP contribution in [0.1, 0.15) is 58.8 Å². The lowest BCUT2D eigenvalue weighted by molar-refractivity contribution is 0.352. The number of nitrogens with zero attached hydrogens (tertiary/aromatic N) is 3. The summed E-state index contributed by atoms with van der Waals surface area (Å²) in [6.45, 7) is 10.8. The zero-order chi connectivity index (χ0) is 11.6. The van der Waals surface area contributed by atoms with Gasteiger partial charge in [0.05, 0.1) is 0 Å². The van der Waals surface area contributed by atoms with Gasteiger partial charge in [0.2, 0.25) is 5.28 Å². The van der Waals surface area contributed by atoms with E-state index in [0.29, 0.717) is 23.2 Å². The first kappa shape index (κ1) is 12.5. The van der Waals surface area contributed by atoms with Gasteiger partial charge in [0.25, 0.3) is 0 Å². The molecule has 1 aromatic rings. The predicted molar refractivity (Wildman–Crippen MR) is 63.3 cm³/mol. The van der Waals surface area contributed by atoms with E-state index in [1.54, 1.807) is 0 Å². The van der Waals surface area contributed by atoms with E-state index in [2.05, 4.69) is 49.4 Å². The number of hydrogen-bond acceptors (Lipinski definition) is 2. The Labute approximate surface area is 96.8 Å². The van der Waals surface area contributed by atoms with Crippen LogP contribution in [0.25, 0.3) is 0 Å². The van der Waals surface area contributed by atoms with Crippen LogP contribution in [-0.2, 0) is 0 Å². The Bertz CT molecular complexity index is 318. The van der Waals surface area contributed by atoms with Crippen molar-refractivity contribution in [3.63, 3.8) is 0 Å². The molecule has 15 heavy (non-hydrogen) atoms. The molecule has 0 amide bonds. The zero-order valence-electron chi connectivity index (χ0n) is 10.2. The average Bonchev–Trinajstić information content (AvgIpc) is 2.49. The van der Waals surface area contributed by atoms with Gasteiger partial charge in [-0.2, -0.15) is 0 Å². The monoisotopic (exact) mass is 229 g/mol. The third kappa shape index (κ3) is 2.51. The first-order valence-electron chi connectivity index (χ1n) is 5.59. The molecule has 0 saturated carbocycles. The molecule has 0 fully saturated rings. The molecule has 0 aliphatic carbocycles. The van der Waals surface area contributed by atoms with Crippen LogP contribution >= 0.6 is 11.6 Å². The molecule has 0 N–H and O–H groups in total. The quantitative estimate of drug-likeness (QED) is 0.789. The second-order valence-corrected chi connectivity index (χ2v) is 4.91. The van der Waals surface area contributed by atoms with Gasteiger partial charge in [-0.25, -0.2) is 0 Å². The van der Waals surface area contributed by atoms with E-state index in [9.17, 15) is 0 Å². The van der Waals surface area contributed by atoms with E-state index in [1.807, 2.05) is 0 Å². The molecule has 0 radical (unpaired) electrons. The number of rotatable bonds is 4. The van der Waals surface area contributed by atoms with Crippen LogP contribution in [-0.4, -0.2) is 14.8 Å². The van der Waals surface area contributed by atoms with Gasteiger partial charge in [-0.1, -0.05) is 34.6 Å². The Morgan fingerprint density at radius 1 is 1.20 bits per heavy atom. The Morgan fingerprint density at radius 2 is 1.80 bits per heavy atom. The Kier molecular flexibility index (Phi) is 4.14. The van der Waals surface area contributed by atoms with Gasteiger partial charge in [-0.15, -0.1) is 10.2 Å². The van der Waals surface area contributed by atoms with Crippen LogP contribution in [0.4, 0.5) is 0 Å². The normalized spacial score (nSPS) is 13.9. The number of hydrogen-bond donors (Lipinski definition) is 0. The van der Waals surface area contributed by atoms with E-state index < -0.39 is 0 Å². The van der Waals surface area contributed by atoms with Gasteiger partial charge in [0.1, 0.15) is 5.82 Å². The van der Waals surface area contributed by atoms with Crippen LogP contribution < -0.4 is 0 Å². The maximum Gasteiger partial charge on any atom is 0.225 e. The summed E-state index contributed by atoms with van der Waals surface area (Å²) < 4.78 is 2.08. The minimum absolute atomic E-state index is 0.359. The van der Waals surface area contributed by atoms with Crippen molar-refractivity contribution >= 4 is 11.6 Å². The first-order valence-corrected chi connectivity index (χ1v) is 5.97. The predicted octanol–water partition coefficient (Wildman–Crippen LogP) is 3.66. The SMILES string of the molecule is CCC(C(C)C)n1c(Cl)nnc1C(C)C. The summed E-state index contributed by atoms with van der Waals surface area (Å²) in [4.78, 5) is 0. The summed E-state index contributed by atoms with van der Waals surface area (Å²) in [5, 5.41) is 8.63. The molecular formula is C11H20ClN3. The van der Waals surface area contributed by atoms with E-state index in [-0.39, 0.29) is 0 Å². The highest BCUT2D eigenvalue weighted by molar-refractivity contribution is 6.28. The molecule has 0 spiro atoms. The molecule has 1 unspecified atom stereocenters. The summed E-state index contributed by atoms with van der Waals surface area (Å²) in [5.41, 5.74) is 0. The van der Waals surface area contributed by atoms with Crippen LogP contribution in [0.3, 0.4) is 0 Å². The molecule has 86 valence electrons. The minimum atomic E-state index is 0.359. The van der Waals surface area contributed by atoms with Crippen molar-refractivity contribution in [2.45, 2.75) is 53.0 Å². The standard InChI is InChI=1S/C11H20ClN3/c1-6-9(7(2)3)15-10(8(4)5)13-14-11(15)12/h7-9H,6H2,1-5H3. The molecule has 1 heterocycles. The topological polar surface area (TPSA) is 30.7 Å². The zero-order valence-corrected chi connectivity index (χ0v) is 10.9. The fraction of sp³-hybridized carbons (Fsp3) is 0.818. The van der Waals surface area contributed by atoms with Crippen molar-refractivity contribution in [2.24, 2.45) is 5.92 Å². The van der Waals surface area contributed by atoms with Crippen molar-refractivity contribution in [3.8, 4) is 0 Å². The molecule has 4 heteroatoms. The molecule has 0 aliphatic heterocycles. The van der Waals surface area contributed by atoms with E-state index in [4.69, 9.17) is 11.6 Å². The first-order chi connectivity index (χ1) is 6.99. The van der Waals surface area contributed by atoms with Crippen LogP contribution in [0.2, 0.25) is 5.28 Å². The van der Waals surface area contributed by atoms with Crippen molar-refractivity contribution in [2.75, 3.05) is 0 Å². The fourth-order valence-corrected chi connectivity index (χ4v) is 2.19. The molecule has 3 nitrogen and oxygen atoms in total. The highest BCUT2D eigenvalue weighted by Crippen LogP contribution is 2.28. The van der Waals surface area contributed by atoms with E-state index in [0.717, 1.165) is 12.2 Å². The van der Waals surface area contributed by atoms with Gasteiger partial charge in [-0.3, -0.25) is 4.57 Å². The second-order valence-electron chi connectivity index (χ2n) is 4.57. The van der Waals surface area contributed by atoms with Crippen molar-refractivity contribution < 1.29 is 0 Å². The maximum atomic E-state index is 6.10. The van der Waals surface area contributed by atoms with Crippen LogP contribution in [0, 0.1) is 5.92 Å². The third-order valence-electron chi connectivity index (χ3n) is 2.72. The lowest BCUT2D eigenvalue weighted by Crippen LogP contribution is -2.18. The summed E-state index contributed by atoms with van der Waals surface area (Å²) in [6, 6.07) is 0.393. The lowest BCUT2D eigenvalue weighted by atomic mass is 10.0. The van der Waals surface area contributed by atoms with Gasteiger partial charge in [-0.05, 0) is 23.9 Å². The summed E-state index contributed by atoms with van der Waals surface area (Å²) >= 11 is 6.10. The smallest absolute Gasteiger partial charge is 0.225 e. The van der Waals surface area contributed by atoms with E-state index >= 15 is 0 Å². The molecule has 1 rings (SSSR count). The van der Waals surface area contributed by atoms with E-state index in [1.165, 1.54) is 0 Å². The molecule has 1 atom stereocenters.